The first kappa shape index (κ1) is 25.5. The molecule has 6 aromatic carbocycles. The minimum atomic E-state index is 0.152. The molecule has 6 aromatic rings. The molecule has 0 aromatic heterocycles. The highest BCUT2D eigenvalue weighted by Crippen LogP contribution is 2.43. The lowest BCUT2D eigenvalue weighted by atomic mass is 9.84. The monoisotopic (exact) mass is 548 g/mol. The molecule has 204 valence electrons. The number of hydrogen-bond donors (Lipinski definition) is 0. The van der Waals surface area contributed by atoms with Crippen LogP contribution in [-0.4, -0.2) is 0 Å². The largest absolute Gasteiger partial charge is 0.0641 e. The Morgan fingerprint density at radius 1 is 0.558 bits per heavy atom. The standard InChI is InChI=1S/C43H32/c1-28-22-23-34-33(24-28)25-40-39(34)26-37(43(31-16-8-4-9-17-31)32-18-10-5-11-19-32)29(2)42(40)41-27-38(30-14-6-3-7-15-30)35-20-12-13-21-36(35)41/h3-27,41H,1-2H3. The molecule has 2 aliphatic carbocycles. The first-order valence-electron chi connectivity index (χ1n) is 15.2. The van der Waals surface area contributed by atoms with Crippen molar-refractivity contribution in [2.75, 3.05) is 0 Å². The second kappa shape index (κ2) is 10.3. The van der Waals surface area contributed by atoms with Gasteiger partial charge in [-0.25, -0.2) is 0 Å². The van der Waals surface area contributed by atoms with Crippen molar-refractivity contribution in [3.8, 4) is 11.1 Å². The quantitative estimate of drug-likeness (QED) is 0.206. The van der Waals surface area contributed by atoms with Gasteiger partial charge in [0.25, 0.3) is 0 Å². The minimum absolute atomic E-state index is 0.152. The van der Waals surface area contributed by atoms with Crippen molar-refractivity contribution in [1.29, 1.82) is 0 Å². The van der Waals surface area contributed by atoms with Gasteiger partial charge >= 0.3 is 0 Å². The Hall–Kier alpha value is -5.20. The van der Waals surface area contributed by atoms with Crippen molar-refractivity contribution in [2.45, 2.75) is 19.8 Å². The van der Waals surface area contributed by atoms with Crippen LogP contribution in [0.1, 0.15) is 56.0 Å². The Morgan fingerprint density at radius 2 is 1.19 bits per heavy atom. The van der Waals surface area contributed by atoms with Crippen LogP contribution in [0.2, 0.25) is 0 Å². The van der Waals surface area contributed by atoms with Gasteiger partial charge in [0.2, 0.25) is 0 Å². The molecule has 0 saturated heterocycles. The van der Waals surface area contributed by atoms with Gasteiger partial charge in [0, 0.05) is 5.92 Å². The molecular formula is C43H32. The van der Waals surface area contributed by atoms with Gasteiger partial charge in [-0.2, -0.15) is 0 Å². The maximum atomic E-state index is 2.51. The second-order valence-electron chi connectivity index (χ2n) is 11.8. The lowest BCUT2D eigenvalue weighted by molar-refractivity contribution is 1.01. The fourth-order valence-corrected chi connectivity index (χ4v) is 7.22. The number of rotatable bonds is 4. The van der Waals surface area contributed by atoms with E-state index in [1.807, 2.05) is 0 Å². The average molecular weight is 549 g/mol. The van der Waals surface area contributed by atoms with Gasteiger partial charge in [0.15, 0.2) is 0 Å². The van der Waals surface area contributed by atoms with Crippen molar-refractivity contribution < 1.29 is 0 Å². The van der Waals surface area contributed by atoms with Gasteiger partial charge in [-0.1, -0.05) is 145 Å². The van der Waals surface area contributed by atoms with Crippen LogP contribution < -0.4 is 10.4 Å². The van der Waals surface area contributed by atoms with Gasteiger partial charge in [0.05, 0.1) is 0 Å². The average Bonchev–Trinajstić information content (AvgIpc) is 3.61. The summed E-state index contributed by atoms with van der Waals surface area (Å²) in [6.07, 6.45) is 4.95. The number of benzene rings is 6. The molecule has 0 saturated carbocycles. The van der Waals surface area contributed by atoms with Crippen molar-refractivity contribution in [2.24, 2.45) is 0 Å². The Labute approximate surface area is 253 Å². The third kappa shape index (κ3) is 4.22. The van der Waals surface area contributed by atoms with Gasteiger partial charge in [0.1, 0.15) is 0 Å². The number of allylic oxidation sites excluding steroid dienone is 1. The summed E-state index contributed by atoms with van der Waals surface area (Å²) in [5.74, 6) is 0.152. The number of hydrogen-bond acceptors (Lipinski definition) is 0. The molecule has 43 heavy (non-hydrogen) atoms. The smallest absolute Gasteiger partial charge is 0.0293 e. The van der Waals surface area contributed by atoms with E-state index in [0.717, 1.165) is 0 Å². The molecule has 0 radical (unpaired) electrons. The zero-order valence-electron chi connectivity index (χ0n) is 24.5. The molecular weight excluding hydrogens is 516 g/mol. The highest BCUT2D eigenvalue weighted by Gasteiger charge is 2.30. The summed E-state index contributed by atoms with van der Waals surface area (Å²) in [7, 11) is 0. The molecule has 0 spiro atoms. The SMILES string of the molecule is Cc1ccc2c(c1)C=c1c-2cc(=C(c2ccccc2)c2ccccc2)c(C)c1C1C=C(c2ccccc2)c2ccccc21. The predicted octanol–water partition coefficient (Wildman–Crippen LogP) is 8.94. The molecule has 1 unspecified atom stereocenters. The molecule has 1 atom stereocenters. The summed E-state index contributed by atoms with van der Waals surface area (Å²) in [5.41, 5.74) is 17.1. The van der Waals surface area contributed by atoms with E-state index >= 15 is 0 Å². The zero-order chi connectivity index (χ0) is 28.9. The van der Waals surface area contributed by atoms with Crippen LogP contribution >= 0.6 is 0 Å². The molecule has 0 nitrogen and oxygen atoms in total. The van der Waals surface area contributed by atoms with E-state index < -0.39 is 0 Å². The first-order chi connectivity index (χ1) is 21.2. The topological polar surface area (TPSA) is 0 Å². The highest BCUT2D eigenvalue weighted by atomic mass is 14.3. The Bertz CT molecular complexity index is 2120. The highest BCUT2D eigenvalue weighted by molar-refractivity contribution is 5.90. The van der Waals surface area contributed by atoms with Crippen LogP contribution in [0.4, 0.5) is 0 Å². The third-order valence-corrected chi connectivity index (χ3v) is 9.18. The summed E-state index contributed by atoms with van der Waals surface area (Å²) in [5, 5.41) is 2.65. The Morgan fingerprint density at radius 3 is 1.88 bits per heavy atom. The second-order valence-corrected chi connectivity index (χ2v) is 11.8. The van der Waals surface area contributed by atoms with E-state index in [-0.39, 0.29) is 5.92 Å². The minimum Gasteiger partial charge on any atom is -0.0641 e. The first-order valence-corrected chi connectivity index (χ1v) is 15.2. The van der Waals surface area contributed by atoms with Gasteiger partial charge in [-0.3, -0.25) is 0 Å². The molecule has 0 heteroatoms. The summed E-state index contributed by atoms with van der Waals surface area (Å²) in [4.78, 5) is 0. The molecule has 0 amide bonds. The van der Waals surface area contributed by atoms with Gasteiger partial charge in [-0.15, -0.1) is 0 Å². The maximum Gasteiger partial charge on any atom is 0.0293 e. The van der Waals surface area contributed by atoms with Crippen molar-refractivity contribution >= 4 is 17.2 Å². The van der Waals surface area contributed by atoms with Crippen LogP contribution in [0.25, 0.3) is 28.3 Å². The van der Waals surface area contributed by atoms with Gasteiger partial charge in [-0.05, 0) is 103 Å². The summed E-state index contributed by atoms with van der Waals surface area (Å²) in [6, 6.07) is 51.0. The van der Waals surface area contributed by atoms with Crippen LogP contribution in [-0.2, 0) is 0 Å². The normalized spacial score (nSPS) is 14.4. The van der Waals surface area contributed by atoms with E-state index in [1.165, 1.54) is 82.8 Å². The third-order valence-electron chi connectivity index (χ3n) is 9.18. The molecule has 0 bridgehead atoms. The molecule has 0 fully saturated rings. The van der Waals surface area contributed by atoms with Gasteiger partial charge < -0.3 is 0 Å². The summed E-state index contributed by atoms with van der Waals surface area (Å²) < 4.78 is 0. The molecule has 8 rings (SSSR count). The van der Waals surface area contributed by atoms with Crippen molar-refractivity contribution in [3.63, 3.8) is 0 Å². The predicted molar refractivity (Wildman–Crippen MR) is 180 cm³/mol. The molecule has 0 heterocycles. The van der Waals surface area contributed by atoms with Crippen molar-refractivity contribution in [1.82, 2.24) is 0 Å². The van der Waals surface area contributed by atoms with Crippen LogP contribution in [0, 0.1) is 13.8 Å². The molecule has 0 N–H and O–H groups in total. The lowest BCUT2D eigenvalue weighted by Crippen LogP contribution is -2.25. The van der Waals surface area contributed by atoms with E-state index in [1.54, 1.807) is 0 Å². The van der Waals surface area contributed by atoms with E-state index in [2.05, 4.69) is 166 Å². The summed E-state index contributed by atoms with van der Waals surface area (Å²) in [6.45, 7) is 4.53. The fraction of sp³-hybridized carbons (Fsp3) is 0.0698. The van der Waals surface area contributed by atoms with E-state index in [9.17, 15) is 0 Å². The molecule has 0 aliphatic heterocycles. The Balaban J connectivity index is 1.51. The fourth-order valence-electron chi connectivity index (χ4n) is 7.22. The number of fused-ring (bicyclic) bond motifs is 4. The molecule has 2 aliphatic rings. The lowest BCUT2D eigenvalue weighted by Gasteiger charge is -2.19. The maximum absolute atomic E-state index is 2.51. The van der Waals surface area contributed by atoms with Crippen LogP contribution in [0.5, 0.6) is 0 Å². The zero-order valence-corrected chi connectivity index (χ0v) is 24.5. The summed E-state index contributed by atoms with van der Waals surface area (Å²) >= 11 is 0. The van der Waals surface area contributed by atoms with E-state index in [0.29, 0.717) is 0 Å². The van der Waals surface area contributed by atoms with Crippen LogP contribution in [0.15, 0.2) is 146 Å². The van der Waals surface area contributed by atoms with Crippen molar-refractivity contribution in [3.05, 3.63) is 206 Å². The van der Waals surface area contributed by atoms with E-state index in [4.69, 9.17) is 0 Å². The van der Waals surface area contributed by atoms with Crippen LogP contribution in [0.3, 0.4) is 0 Å². The Kier molecular flexibility index (Phi) is 6.09. The number of aryl methyl sites for hydroxylation is 1.